The van der Waals surface area contributed by atoms with Gasteiger partial charge in [-0.1, -0.05) is 35.3 Å². The minimum atomic E-state index is -0.400. The molecule has 8 heteroatoms. The van der Waals surface area contributed by atoms with Crippen LogP contribution in [0.5, 0.6) is 0 Å². The normalized spacial score (nSPS) is 10.2. The fourth-order valence-corrected chi connectivity index (χ4v) is 3.33. The summed E-state index contributed by atoms with van der Waals surface area (Å²) in [5.41, 5.74) is 3.01. The van der Waals surface area contributed by atoms with E-state index < -0.39 is 5.91 Å². The van der Waals surface area contributed by atoms with Gasteiger partial charge in [-0.3, -0.25) is 14.9 Å². The van der Waals surface area contributed by atoms with Gasteiger partial charge in [-0.05, 0) is 79.3 Å². The minimum Gasteiger partial charge on any atom is -0.332 e. The topological polar surface area (TPSA) is 70.2 Å². The molecule has 0 bridgehead atoms. The van der Waals surface area contributed by atoms with Crippen molar-refractivity contribution in [1.82, 2.24) is 5.32 Å². The molecule has 0 saturated carbocycles. The van der Waals surface area contributed by atoms with Gasteiger partial charge in [0.15, 0.2) is 5.11 Å². The molecule has 0 unspecified atom stereocenters. The van der Waals surface area contributed by atoms with Crippen molar-refractivity contribution in [2.24, 2.45) is 0 Å². The average Bonchev–Trinajstić information content (AvgIpc) is 2.69. The second-order valence-corrected chi connectivity index (χ2v) is 7.69. The van der Waals surface area contributed by atoms with Crippen LogP contribution in [0.4, 0.5) is 11.4 Å². The highest BCUT2D eigenvalue weighted by molar-refractivity contribution is 7.80. The standard InChI is InChI=1S/C22H17Cl2N3O2S/c1-13-5-10-18(19(24)11-13)21(29)27-22(30)26-17-8-6-16(7-9-17)25-20(28)14-3-2-4-15(23)12-14/h2-12H,1H3,(H,25,28)(H2,26,27,29,30). The number of amides is 2. The number of halogens is 2. The molecule has 0 spiro atoms. The summed E-state index contributed by atoms with van der Waals surface area (Å²) < 4.78 is 0. The van der Waals surface area contributed by atoms with Crippen LogP contribution in [0.25, 0.3) is 0 Å². The second-order valence-electron chi connectivity index (χ2n) is 6.43. The van der Waals surface area contributed by atoms with Crippen LogP contribution in [-0.2, 0) is 0 Å². The molecule has 0 aliphatic rings. The van der Waals surface area contributed by atoms with Gasteiger partial charge in [-0.15, -0.1) is 0 Å². The number of aryl methyl sites for hydroxylation is 1. The maximum atomic E-state index is 12.3. The van der Waals surface area contributed by atoms with Gasteiger partial charge < -0.3 is 10.6 Å². The van der Waals surface area contributed by atoms with Crippen LogP contribution < -0.4 is 16.0 Å². The zero-order valence-electron chi connectivity index (χ0n) is 15.8. The Kier molecular flexibility index (Phi) is 7.05. The third kappa shape index (κ3) is 5.79. The first-order valence-electron chi connectivity index (χ1n) is 8.87. The first-order valence-corrected chi connectivity index (χ1v) is 10.0. The first-order chi connectivity index (χ1) is 14.3. The number of carbonyl (C=O) groups is 2. The quantitative estimate of drug-likeness (QED) is 0.440. The molecule has 30 heavy (non-hydrogen) atoms. The van der Waals surface area contributed by atoms with Gasteiger partial charge >= 0.3 is 0 Å². The number of anilines is 2. The zero-order valence-corrected chi connectivity index (χ0v) is 18.2. The summed E-state index contributed by atoms with van der Waals surface area (Å²) >= 11 is 17.2. The fraction of sp³-hybridized carbons (Fsp3) is 0.0455. The van der Waals surface area contributed by atoms with E-state index in [1.54, 1.807) is 66.7 Å². The van der Waals surface area contributed by atoms with Crippen molar-refractivity contribution in [2.45, 2.75) is 6.92 Å². The van der Waals surface area contributed by atoms with Crippen molar-refractivity contribution >= 4 is 63.7 Å². The van der Waals surface area contributed by atoms with E-state index in [1.165, 1.54) is 0 Å². The Morgan fingerprint density at radius 3 is 2.13 bits per heavy atom. The van der Waals surface area contributed by atoms with Gasteiger partial charge in [-0.25, -0.2) is 0 Å². The third-order valence-corrected chi connectivity index (χ3v) is 4.84. The zero-order chi connectivity index (χ0) is 21.7. The van der Waals surface area contributed by atoms with E-state index >= 15 is 0 Å². The molecule has 0 atom stereocenters. The summed E-state index contributed by atoms with van der Waals surface area (Å²) in [5.74, 6) is -0.668. The van der Waals surface area contributed by atoms with Gasteiger partial charge in [0.1, 0.15) is 0 Å². The lowest BCUT2D eigenvalue weighted by molar-refractivity contribution is 0.0976. The lowest BCUT2D eigenvalue weighted by atomic mass is 10.1. The van der Waals surface area contributed by atoms with Gasteiger partial charge in [0, 0.05) is 22.0 Å². The minimum absolute atomic E-state index is 0.132. The molecule has 0 aliphatic heterocycles. The number of hydrogen-bond donors (Lipinski definition) is 3. The Morgan fingerprint density at radius 2 is 1.50 bits per heavy atom. The lowest BCUT2D eigenvalue weighted by Gasteiger charge is -2.11. The number of hydrogen-bond acceptors (Lipinski definition) is 3. The van der Waals surface area contributed by atoms with Crippen LogP contribution in [0.1, 0.15) is 26.3 Å². The van der Waals surface area contributed by atoms with E-state index in [9.17, 15) is 9.59 Å². The lowest BCUT2D eigenvalue weighted by Crippen LogP contribution is -2.34. The number of thiocarbonyl (C=S) groups is 1. The van der Waals surface area contributed by atoms with E-state index in [0.29, 0.717) is 32.5 Å². The maximum absolute atomic E-state index is 12.3. The van der Waals surface area contributed by atoms with Crippen molar-refractivity contribution in [1.29, 1.82) is 0 Å². The SMILES string of the molecule is Cc1ccc(C(=O)NC(=S)Nc2ccc(NC(=O)c3cccc(Cl)c3)cc2)c(Cl)c1. The molecule has 3 N–H and O–H groups in total. The van der Waals surface area contributed by atoms with Gasteiger partial charge in [0.2, 0.25) is 0 Å². The Hall–Kier alpha value is -2.93. The molecule has 0 radical (unpaired) electrons. The molecule has 0 heterocycles. The third-order valence-electron chi connectivity index (χ3n) is 4.08. The largest absolute Gasteiger partial charge is 0.332 e. The number of rotatable bonds is 4. The van der Waals surface area contributed by atoms with E-state index in [1.807, 2.05) is 6.92 Å². The van der Waals surface area contributed by atoms with Crippen molar-refractivity contribution in [2.75, 3.05) is 10.6 Å². The summed E-state index contributed by atoms with van der Waals surface area (Å²) in [6.45, 7) is 1.89. The Morgan fingerprint density at radius 1 is 0.833 bits per heavy atom. The van der Waals surface area contributed by atoms with E-state index in [0.717, 1.165) is 5.56 Å². The summed E-state index contributed by atoms with van der Waals surface area (Å²) in [5, 5.41) is 9.28. The molecule has 0 fully saturated rings. The molecule has 5 nitrogen and oxygen atoms in total. The molecule has 2 amide bonds. The molecule has 152 valence electrons. The molecular formula is C22H17Cl2N3O2S. The van der Waals surface area contributed by atoms with Crippen molar-refractivity contribution in [3.8, 4) is 0 Å². The van der Waals surface area contributed by atoms with Crippen molar-refractivity contribution in [3.05, 3.63) is 93.5 Å². The number of nitrogens with one attached hydrogen (secondary N) is 3. The number of carbonyl (C=O) groups excluding carboxylic acids is 2. The van der Waals surface area contributed by atoms with Crippen LogP contribution in [-0.4, -0.2) is 16.9 Å². The molecule has 0 aliphatic carbocycles. The van der Waals surface area contributed by atoms with Crippen LogP contribution >= 0.6 is 35.4 Å². The molecule has 0 saturated heterocycles. The average molecular weight is 458 g/mol. The second kappa shape index (κ2) is 9.71. The maximum Gasteiger partial charge on any atom is 0.258 e. The van der Waals surface area contributed by atoms with E-state index in [-0.39, 0.29) is 11.0 Å². The summed E-state index contributed by atoms with van der Waals surface area (Å²) in [6, 6.07) is 18.7. The molecule has 3 aromatic carbocycles. The smallest absolute Gasteiger partial charge is 0.258 e. The Balaban J connectivity index is 1.57. The molecule has 3 aromatic rings. The number of benzene rings is 3. The van der Waals surface area contributed by atoms with Crippen LogP contribution in [0, 0.1) is 6.92 Å². The van der Waals surface area contributed by atoms with Gasteiger partial charge in [0.05, 0.1) is 10.6 Å². The van der Waals surface area contributed by atoms with E-state index in [2.05, 4.69) is 16.0 Å². The van der Waals surface area contributed by atoms with E-state index in [4.69, 9.17) is 35.4 Å². The molecule has 0 aromatic heterocycles. The highest BCUT2D eigenvalue weighted by atomic mass is 35.5. The van der Waals surface area contributed by atoms with Crippen LogP contribution in [0.2, 0.25) is 10.0 Å². The summed E-state index contributed by atoms with van der Waals surface area (Å²) in [4.78, 5) is 24.6. The van der Waals surface area contributed by atoms with Gasteiger partial charge in [0.25, 0.3) is 11.8 Å². The Labute approximate surface area is 189 Å². The van der Waals surface area contributed by atoms with Crippen LogP contribution in [0.3, 0.4) is 0 Å². The monoisotopic (exact) mass is 457 g/mol. The van der Waals surface area contributed by atoms with Gasteiger partial charge in [-0.2, -0.15) is 0 Å². The highest BCUT2D eigenvalue weighted by Gasteiger charge is 2.12. The Bertz CT molecular complexity index is 1120. The fourth-order valence-electron chi connectivity index (χ4n) is 2.61. The van der Waals surface area contributed by atoms with Crippen LogP contribution in [0.15, 0.2) is 66.7 Å². The van der Waals surface area contributed by atoms with Crippen molar-refractivity contribution < 1.29 is 9.59 Å². The first kappa shape index (κ1) is 21.8. The van der Waals surface area contributed by atoms with Crippen molar-refractivity contribution in [3.63, 3.8) is 0 Å². The molecular weight excluding hydrogens is 441 g/mol. The predicted molar refractivity (Wildman–Crippen MR) is 126 cm³/mol. The highest BCUT2D eigenvalue weighted by Crippen LogP contribution is 2.18. The summed E-state index contributed by atoms with van der Waals surface area (Å²) in [7, 11) is 0. The molecule has 3 rings (SSSR count). The summed E-state index contributed by atoms with van der Waals surface area (Å²) in [6.07, 6.45) is 0. The predicted octanol–water partition coefficient (Wildman–Crippen LogP) is 5.68.